The lowest BCUT2D eigenvalue weighted by molar-refractivity contribution is -0.136. The molecule has 20 heavy (non-hydrogen) atoms. The lowest BCUT2D eigenvalue weighted by Crippen LogP contribution is -2.44. The maximum atomic E-state index is 12.2. The first-order chi connectivity index (χ1) is 9.70. The van der Waals surface area contributed by atoms with Crippen molar-refractivity contribution >= 4 is 17.5 Å². The van der Waals surface area contributed by atoms with Crippen LogP contribution in [0.2, 0.25) is 5.02 Å². The van der Waals surface area contributed by atoms with Crippen LogP contribution in [0, 0.1) is 0 Å². The van der Waals surface area contributed by atoms with Crippen molar-refractivity contribution in [1.82, 2.24) is 4.90 Å². The highest BCUT2D eigenvalue weighted by Gasteiger charge is 2.24. The van der Waals surface area contributed by atoms with Crippen LogP contribution in [0.25, 0.3) is 0 Å². The van der Waals surface area contributed by atoms with Crippen molar-refractivity contribution in [3.05, 3.63) is 29.3 Å². The topological polar surface area (TPSA) is 49.8 Å². The summed E-state index contributed by atoms with van der Waals surface area (Å²) in [5, 5.41) is 10.0. The zero-order valence-electron chi connectivity index (χ0n) is 11.4. The van der Waals surface area contributed by atoms with Gasteiger partial charge >= 0.3 is 0 Å². The maximum Gasteiger partial charge on any atom is 0.260 e. The Morgan fingerprint density at radius 3 is 2.75 bits per heavy atom. The standard InChI is InChI=1S/C15H20ClNO3/c16-12-5-7-14(8-6-12)20-11-15(19)17-9-3-1-2-4-13(17)10-18/h5-8,13,18H,1-4,9-11H2. The van der Waals surface area contributed by atoms with Crippen molar-refractivity contribution in [3.8, 4) is 5.75 Å². The molecule has 1 aromatic rings. The number of nitrogens with zero attached hydrogens (tertiary/aromatic N) is 1. The van der Waals surface area contributed by atoms with E-state index in [1.54, 1.807) is 29.2 Å². The highest BCUT2D eigenvalue weighted by Crippen LogP contribution is 2.18. The lowest BCUT2D eigenvalue weighted by atomic mass is 10.1. The minimum Gasteiger partial charge on any atom is -0.484 e. The molecule has 1 saturated heterocycles. The molecule has 1 aliphatic rings. The van der Waals surface area contributed by atoms with Gasteiger partial charge in [-0.15, -0.1) is 0 Å². The Balaban J connectivity index is 1.90. The molecule has 1 aliphatic heterocycles. The molecule has 5 heteroatoms. The van der Waals surface area contributed by atoms with E-state index in [1.165, 1.54) is 0 Å². The average molecular weight is 298 g/mol. The van der Waals surface area contributed by atoms with Gasteiger partial charge in [-0.2, -0.15) is 0 Å². The van der Waals surface area contributed by atoms with Gasteiger partial charge in [0.1, 0.15) is 5.75 Å². The number of carbonyl (C=O) groups excluding carboxylic acids is 1. The molecule has 0 aromatic heterocycles. The number of hydrogen-bond acceptors (Lipinski definition) is 3. The summed E-state index contributed by atoms with van der Waals surface area (Å²) in [5.74, 6) is 0.555. The fourth-order valence-electron chi connectivity index (χ4n) is 2.45. The molecule has 110 valence electrons. The smallest absolute Gasteiger partial charge is 0.260 e. The van der Waals surface area contributed by atoms with Crippen molar-refractivity contribution < 1.29 is 14.6 Å². The summed E-state index contributed by atoms with van der Waals surface area (Å²) < 4.78 is 5.48. The summed E-state index contributed by atoms with van der Waals surface area (Å²) in [6.45, 7) is 0.721. The Hall–Kier alpha value is -1.26. The summed E-state index contributed by atoms with van der Waals surface area (Å²) in [7, 11) is 0. The largest absolute Gasteiger partial charge is 0.484 e. The fraction of sp³-hybridized carbons (Fsp3) is 0.533. The van der Waals surface area contributed by atoms with Crippen molar-refractivity contribution in [3.63, 3.8) is 0 Å². The molecule has 1 unspecified atom stereocenters. The average Bonchev–Trinajstić information content (AvgIpc) is 2.71. The number of ether oxygens (including phenoxy) is 1. The Labute approximate surface area is 124 Å². The summed E-state index contributed by atoms with van der Waals surface area (Å²) in [4.78, 5) is 14.0. The van der Waals surface area contributed by atoms with Crippen molar-refractivity contribution in [2.45, 2.75) is 31.7 Å². The van der Waals surface area contributed by atoms with Crippen LogP contribution < -0.4 is 4.74 Å². The molecule has 0 aliphatic carbocycles. The van der Waals surface area contributed by atoms with E-state index in [0.29, 0.717) is 17.3 Å². The number of aliphatic hydroxyl groups is 1. The quantitative estimate of drug-likeness (QED) is 0.929. The number of rotatable bonds is 4. The Morgan fingerprint density at radius 2 is 2.05 bits per heavy atom. The van der Waals surface area contributed by atoms with Crippen LogP contribution in [0.5, 0.6) is 5.75 Å². The number of carbonyl (C=O) groups is 1. The van der Waals surface area contributed by atoms with E-state index in [-0.39, 0.29) is 25.2 Å². The van der Waals surface area contributed by atoms with E-state index in [0.717, 1.165) is 25.7 Å². The zero-order chi connectivity index (χ0) is 14.4. The zero-order valence-corrected chi connectivity index (χ0v) is 12.2. The van der Waals surface area contributed by atoms with E-state index < -0.39 is 0 Å². The highest BCUT2D eigenvalue weighted by atomic mass is 35.5. The number of aliphatic hydroxyl groups excluding tert-OH is 1. The van der Waals surface area contributed by atoms with Gasteiger partial charge in [-0.1, -0.05) is 24.4 Å². The molecular weight excluding hydrogens is 278 g/mol. The minimum absolute atomic E-state index is 0.00185. The molecule has 0 bridgehead atoms. The number of likely N-dealkylation sites (tertiary alicyclic amines) is 1. The van der Waals surface area contributed by atoms with Gasteiger partial charge in [0, 0.05) is 11.6 Å². The monoisotopic (exact) mass is 297 g/mol. The van der Waals surface area contributed by atoms with Gasteiger partial charge in [0.2, 0.25) is 0 Å². The first-order valence-corrected chi connectivity index (χ1v) is 7.37. The molecule has 1 atom stereocenters. The van der Waals surface area contributed by atoms with Gasteiger partial charge in [0.05, 0.1) is 12.6 Å². The Morgan fingerprint density at radius 1 is 1.30 bits per heavy atom. The van der Waals surface area contributed by atoms with Crippen LogP contribution in [0.1, 0.15) is 25.7 Å². The molecule has 1 heterocycles. The van der Waals surface area contributed by atoms with E-state index in [2.05, 4.69) is 0 Å². The summed E-state index contributed by atoms with van der Waals surface area (Å²) in [5.41, 5.74) is 0. The van der Waals surface area contributed by atoms with Crippen LogP contribution in [-0.4, -0.2) is 41.7 Å². The fourth-order valence-corrected chi connectivity index (χ4v) is 2.58. The molecule has 1 aromatic carbocycles. The van der Waals surface area contributed by atoms with E-state index in [9.17, 15) is 9.90 Å². The minimum atomic E-state index is -0.0705. The second-order valence-electron chi connectivity index (χ2n) is 5.02. The molecule has 2 rings (SSSR count). The van der Waals surface area contributed by atoms with Crippen LogP contribution in [-0.2, 0) is 4.79 Å². The third-order valence-corrected chi connectivity index (χ3v) is 3.84. The predicted molar refractivity (Wildman–Crippen MR) is 78.0 cm³/mol. The second-order valence-corrected chi connectivity index (χ2v) is 5.45. The molecule has 1 N–H and O–H groups in total. The van der Waals surface area contributed by atoms with Crippen LogP contribution in [0.4, 0.5) is 0 Å². The van der Waals surface area contributed by atoms with E-state index in [1.807, 2.05) is 0 Å². The van der Waals surface area contributed by atoms with Crippen molar-refractivity contribution in [2.75, 3.05) is 19.8 Å². The Kier molecular flexibility index (Phi) is 5.68. The Bertz CT molecular complexity index is 435. The van der Waals surface area contributed by atoms with Crippen LogP contribution >= 0.6 is 11.6 Å². The number of benzene rings is 1. The summed E-state index contributed by atoms with van der Waals surface area (Å²) >= 11 is 5.79. The number of halogens is 1. The van der Waals surface area contributed by atoms with Crippen LogP contribution in [0.15, 0.2) is 24.3 Å². The van der Waals surface area contributed by atoms with Crippen molar-refractivity contribution in [1.29, 1.82) is 0 Å². The molecule has 4 nitrogen and oxygen atoms in total. The van der Waals surface area contributed by atoms with Crippen LogP contribution in [0.3, 0.4) is 0 Å². The number of amides is 1. The second kappa shape index (κ2) is 7.50. The summed E-state index contributed by atoms with van der Waals surface area (Å²) in [6, 6.07) is 6.86. The SMILES string of the molecule is O=C(COc1ccc(Cl)cc1)N1CCCCCC1CO. The maximum absolute atomic E-state index is 12.2. The van der Waals surface area contributed by atoms with Gasteiger partial charge in [-0.3, -0.25) is 4.79 Å². The molecule has 0 saturated carbocycles. The highest BCUT2D eigenvalue weighted by molar-refractivity contribution is 6.30. The molecule has 0 radical (unpaired) electrons. The van der Waals surface area contributed by atoms with Gasteiger partial charge < -0.3 is 14.7 Å². The molecule has 1 amide bonds. The molecule has 1 fully saturated rings. The first-order valence-electron chi connectivity index (χ1n) is 6.99. The van der Waals surface area contributed by atoms with Gasteiger partial charge in [0.15, 0.2) is 6.61 Å². The third kappa shape index (κ3) is 4.12. The van der Waals surface area contributed by atoms with Gasteiger partial charge in [-0.05, 0) is 37.1 Å². The van der Waals surface area contributed by atoms with Gasteiger partial charge in [-0.25, -0.2) is 0 Å². The summed E-state index contributed by atoms with van der Waals surface area (Å²) in [6.07, 6.45) is 4.03. The lowest BCUT2D eigenvalue weighted by Gasteiger charge is -2.28. The molecular formula is C15H20ClNO3. The van der Waals surface area contributed by atoms with Gasteiger partial charge in [0.25, 0.3) is 5.91 Å². The predicted octanol–water partition coefficient (Wildman–Crippen LogP) is 2.48. The van der Waals surface area contributed by atoms with E-state index >= 15 is 0 Å². The third-order valence-electron chi connectivity index (χ3n) is 3.58. The normalized spacial score (nSPS) is 19.5. The first kappa shape index (κ1) is 15.1. The van der Waals surface area contributed by atoms with E-state index in [4.69, 9.17) is 16.3 Å². The van der Waals surface area contributed by atoms with Crippen molar-refractivity contribution in [2.24, 2.45) is 0 Å². The molecule has 0 spiro atoms. The number of hydrogen-bond donors (Lipinski definition) is 1.